The first kappa shape index (κ1) is 13.7. The van der Waals surface area contributed by atoms with E-state index < -0.39 is 0 Å². The molecule has 19 heavy (non-hydrogen) atoms. The molecule has 0 saturated carbocycles. The number of hydrogen-bond acceptors (Lipinski definition) is 2. The molecule has 1 heterocycles. The van der Waals surface area contributed by atoms with Crippen molar-refractivity contribution in [3.05, 3.63) is 35.9 Å². The van der Waals surface area contributed by atoms with Crippen LogP contribution in [0.25, 0.3) is 6.08 Å². The predicted molar refractivity (Wildman–Crippen MR) is 77.0 cm³/mol. The summed E-state index contributed by atoms with van der Waals surface area (Å²) in [7, 11) is 1.64. The molecule has 2 rings (SSSR count). The summed E-state index contributed by atoms with van der Waals surface area (Å²) in [6, 6.07) is 7.70. The van der Waals surface area contributed by atoms with Crippen molar-refractivity contribution in [3.63, 3.8) is 0 Å². The molecule has 0 N–H and O–H groups in total. The van der Waals surface area contributed by atoms with Crippen molar-refractivity contribution in [1.29, 1.82) is 0 Å². The van der Waals surface area contributed by atoms with Crippen LogP contribution in [0.15, 0.2) is 30.3 Å². The van der Waals surface area contributed by atoms with E-state index >= 15 is 0 Å². The fourth-order valence-electron chi connectivity index (χ4n) is 2.30. The Bertz CT molecular complexity index is 460. The topological polar surface area (TPSA) is 29.5 Å². The van der Waals surface area contributed by atoms with Crippen LogP contribution in [0.1, 0.15) is 25.3 Å². The average Bonchev–Trinajstić information content (AvgIpc) is 2.45. The van der Waals surface area contributed by atoms with Gasteiger partial charge in [-0.2, -0.15) is 0 Å². The number of carbonyl (C=O) groups excluding carboxylic acids is 1. The Balaban J connectivity index is 2.00. The number of para-hydroxylation sites is 1. The number of carbonyl (C=O) groups is 1. The van der Waals surface area contributed by atoms with Crippen molar-refractivity contribution < 1.29 is 9.53 Å². The molecule has 102 valence electrons. The lowest BCUT2D eigenvalue weighted by Crippen LogP contribution is -2.36. The number of nitrogens with zero attached hydrogens (tertiary/aromatic N) is 1. The standard InChI is InChI=1S/C16H21NO2/c1-13-9-11-17(12-10-13)16(18)8-7-14-5-3-4-6-15(14)19-2/h3-8,13H,9-12H2,1-2H3. The van der Waals surface area contributed by atoms with Gasteiger partial charge in [-0.3, -0.25) is 4.79 Å². The second-order valence-corrected chi connectivity index (χ2v) is 5.08. The van der Waals surface area contributed by atoms with Gasteiger partial charge >= 0.3 is 0 Å². The fourth-order valence-corrected chi connectivity index (χ4v) is 2.30. The molecule has 0 radical (unpaired) electrons. The molecule has 0 aliphatic carbocycles. The van der Waals surface area contributed by atoms with Crippen molar-refractivity contribution in [2.45, 2.75) is 19.8 Å². The first-order chi connectivity index (χ1) is 9.20. The first-order valence-electron chi connectivity index (χ1n) is 6.80. The zero-order chi connectivity index (χ0) is 13.7. The summed E-state index contributed by atoms with van der Waals surface area (Å²) in [5.41, 5.74) is 0.934. The van der Waals surface area contributed by atoms with Gasteiger partial charge in [0.2, 0.25) is 5.91 Å². The monoisotopic (exact) mass is 259 g/mol. The quantitative estimate of drug-likeness (QED) is 0.781. The summed E-state index contributed by atoms with van der Waals surface area (Å²) in [6.45, 7) is 3.99. The lowest BCUT2D eigenvalue weighted by molar-refractivity contribution is -0.127. The summed E-state index contributed by atoms with van der Waals surface area (Å²) in [4.78, 5) is 14.0. The number of amides is 1. The van der Waals surface area contributed by atoms with Crippen LogP contribution in [0.4, 0.5) is 0 Å². The highest BCUT2D eigenvalue weighted by Gasteiger charge is 2.18. The molecule has 1 aromatic carbocycles. The van der Waals surface area contributed by atoms with Crippen molar-refractivity contribution in [2.24, 2.45) is 5.92 Å². The number of benzene rings is 1. The number of rotatable bonds is 3. The summed E-state index contributed by atoms with van der Waals surface area (Å²) in [5, 5.41) is 0. The second kappa shape index (κ2) is 6.41. The minimum absolute atomic E-state index is 0.0952. The van der Waals surface area contributed by atoms with Crippen molar-refractivity contribution in [2.75, 3.05) is 20.2 Å². The zero-order valence-electron chi connectivity index (χ0n) is 11.6. The maximum absolute atomic E-state index is 12.1. The molecule has 1 aliphatic rings. The molecule has 1 saturated heterocycles. The van der Waals surface area contributed by atoms with E-state index in [4.69, 9.17) is 4.74 Å². The Hall–Kier alpha value is -1.77. The summed E-state index contributed by atoms with van der Waals surface area (Å²) in [5.74, 6) is 1.62. The molecular weight excluding hydrogens is 238 g/mol. The van der Waals surface area contributed by atoms with Crippen LogP contribution in [-0.4, -0.2) is 31.0 Å². The normalized spacial score (nSPS) is 16.8. The molecule has 0 atom stereocenters. The van der Waals surface area contributed by atoms with E-state index in [1.807, 2.05) is 35.2 Å². The van der Waals surface area contributed by atoms with Gasteiger partial charge < -0.3 is 9.64 Å². The van der Waals surface area contributed by atoms with Crippen molar-refractivity contribution >= 4 is 12.0 Å². The van der Waals surface area contributed by atoms with Gasteiger partial charge in [-0.15, -0.1) is 0 Å². The highest BCUT2D eigenvalue weighted by molar-refractivity contribution is 5.92. The molecule has 1 aliphatic heterocycles. The van der Waals surface area contributed by atoms with Crippen molar-refractivity contribution in [1.82, 2.24) is 4.90 Å². The van der Waals surface area contributed by atoms with Gasteiger partial charge in [-0.1, -0.05) is 25.1 Å². The van der Waals surface area contributed by atoms with Gasteiger partial charge in [-0.05, 0) is 30.9 Å². The van der Waals surface area contributed by atoms with E-state index in [2.05, 4.69) is 6.92 Å². The lowest BCUT2D eigenvalue weighted by Gasteiger charge is -2.29. The zero-order valence-corrected chi connectivity index (χ0v) is 11.6. The third-order valence-electron chi connectivity index (χ3n) is 3.64. The van der Waals surface area contributed by atoms with Crippen LogP contribution >= 0.6 is 0 Å². The van der Waals surface area contributed by atoms with E-state index in [0.29, 0.717) is 0 Å². The Kier molecular flexibility index (Phi) is 4.61. The van der Waals surface area contributed by atoms with Crippen LogP contribution in [0.3, 0.4) is 0 Å². The molecule has 0 spiro atoms. The third kappa shape index (κ3) is 3.60. The van der Waals surface area contributed by atoms with Gasteiger partial charge in [0.25, 0.3) is 0 Å². The Morgan fingerprint density at radius 3 is 2.68 bits per heavy atom. The fraction of sp³-hybridized carbons (Fsp3) is 0.438. The van der Waals surface area contributed by atoms with E-state index in [0.717, 1.165) is 43.2 Å². The molecule has 0 aromatic heterocycles. The Labute approximate surface area is 114 Å². The van der Waals surface area contributed by atoms with E-state index in [1.165, 1.54) is 0 Å². The molecule has 1 aromatic rings. The lowest BCUT2D eigenvalue weighted by atomic mass is 9.99. The highest BCUT2D eigenvalue weighted by atomic mass is 16.5. The molecular formula is C16H21NO2. The Morgan fingerprint density at radius 2 is 2.00 bits per heavy atom. The van der Waals surface area contributed by atoms with Crippen LogP contribution in [0.2, 0.25) is 0 Å². The minimum Gasteiger partial charge on any atom is -0.496 e. The van der Waals surface area contributed by atoms with E-state index in [9.17, 15) is 4.79 Å². The highest BCUT2D eigenvalue weighted by Crippen LogP contribution is 2.20. The SMILES string of the molecule is COc1ccccc1C=CC(=O)N1CCC(C)CC1. The van der Waals surface area contributed by atoms with Crippen molar-refractivity contribution in [3.8, 4) is 5.75 Å². The van der Waals surface area contributed by atoms with Gasteiger partial charge in [0, 0.05) is 24.7 Å². The number of methoxy groups -OCH3 is 1. The number of likely N-dealkylation sites (tertiary alicyclic amines) is 1. The Morgan fingerprint density at radius 1 is 1.32 bits per heavy atom. The minimum atomic E-state index is 0.0952. The molecule has 3 nitrogen and oxygen atoms in total. The molecule has 0 unspecified atom stereocenters. The number of ether oxygens (including phenoxy) is 1. The second-order valence-electron chi connectivity index (χ2n) is 5.08. The molecule has 0 bridgehead atoms. The maximum Gasteiger partial charge on any atom is 0.246 e. The van der Waals surface area contributed by atoms with Gasteiger partial charge in [-0.25, -0.2) is 0 Å². The largest absolute Gasteiger partial charge is 0.496 e. The maximum atomic E-state index is 12.1. The van der Waals surface area contributed by atoms with Crippen LogP contribution in [0, 0.1) is 5.92 Å². The van der Waals surface area contributed by atoms with E-state index in [1.54, 1.807) is 13.2 Å². The van der Waals surface area contributed by atoms with Crippen LogP contribution in [0.5, 0.6) is 5.75 Å². The van der Waals surface area contributed by atoms with Crippen LogP contribution in [-0.2, 0) is 4.79 Å². The first-order valence-corrected chi connectivity index (χ1v) is 6.80. The summed E-state index contributed by atoms with van der Waals surface area (Å²) < 4.78 is 5.26. The summed E-state index contributed by atoms with van der Waals surface area (Å²) in [6.07, 6.45) is 5.69. The smallest absolute Gasteiger partial charge is 0.246 e. The van der Waals surface area contributed by atoms with Gasteiger partial charge in [0.1, 0.15) is 5.75 Å². The van der Waals surface area contributed by atoms with E-state index in [-0.39, 0.29) is 5.91 Å². The number of piperidine rings is 1. The third-order valence-corrected chi connectivity index (χ3v) is 3.64. The van der Waals surface area contributed by atoms with Gasteiger partial charge in [0.15, 0.2) is 0 Å². The molecule has 3 heteroatoms. The van der Waals surface area contributed by atoms with Crippen LogP contribution < -0.4 is 4.74 Å². The summed E-state index contributed by atoms with van der Waals surface area (Å²) >= 11 is 0. The average molecular weight is 259 g/mol. The van der Waals surface area contributed by atoms with Gasteiger partial charge in [0.05, 0.1) is 7.11 Å². The predicted octanol–water partition coefficient (Wildman–Crippen LogP) is 2.97. The molecule has 1 fully saturated rings. The molecule has 1 amide bonds. The number of hydrogen-bond donors (Lipinski definition) is 0.